The summed E-state index contributed by atoms with van der Waals surface area (Å²) in [5.74, 6) is -1.60. The number of hydrogen-bond donors (Lipinski definition) is 2. The van der Waals surface area contributed by atoms with Gasteiger partial charge in [0.05, 0.1) is 0 Å². The molecule has 1 saturated heterocycles. The van der Waals surface area contributed by atoms with Gasteiger partial charge in [0.25, 0.3) is 0 Å². The first kappa shape index (κ1) is 9.65. The molecule has 0 atom stereocenters. The third-order valence-electron chi connectivity index (χ3n) is 2.66. The standard InChI is InChI=1S/C11H15NO2/c13-11(14)7-4-8-12(11)9-10-5-2-1-3-6-10/h1-3,5-6,13-14H,4,7-9H2. The lowest BCUT2D eigenvalue weighted by atomic mass is 10.2. The van der Waals surface area contributed by atoms with Crippen LogP contribution < -0.4 is 0 Å². The van der Waals surface area contributed by atoms with Gasteiger partial charge in [-0.15, -0.1) is 0 Å². The minimum atomic E-state index is -1.60. The highest BCUT2D eigenvalue weighted by Crippen LogP contribution is 2.25. The molecule has 0 spiro atoms. The van der Waals surface area contributed by atoms with E-state index in [-0.39, 0.29) is 0 Å². The normalized spacial score (nSPS) is 21.3. The molecule has 1 fully saturated rings. The molecule has 1 aromatic rings. The van der Waals surface area contributed by atoms with E-state index in [2.05, 4.69) is 0 Å². The van der Waals surface area contributed by atoms with Gasteiger partial charge in [0.15, 0.2) is 0 Å². The molecule has 0 unspecified atom stereocenters. The van der Waals surface area contributed by atoms with Gasteiger partial charge in [-0.05, 0) is 12.0 Å². The van der Waals surface area contributed by atoms with Crippen molar-refractivity contribution >= 4 is 0 Å². The number of nitrogens with zero attached hydrogens (tertiary/aromatic N) is 1. The van der Waals surface area contributed by atoms with Crippen LogP contribution in [0.25, 0.3) is 0 Å². The van der Waals surface area contributed by atoms with Crippen LogP contribution in [0.15, 0.2) is 30.3 Å². The van der Waals surface area contributed by atoms with Gasteiger partial charge in [-0.3, -0.25) is 0 Å². The Labute approximate surface area is 83.6 Å². The second-order valence-electron chi connectivity index (χ2n) is 3.79. The van der Waals surface area contributed by atoms with Crippen LogP contribution in [0.2, 0.25) is 0 Å². The molecule has 0 amide bonds. The Morgan fingerprint density at radius 1 is 1.21 bits per heavy atom. The van der Waals surface area contributed by atoms with E-state index in [1.54, 1.807) is 4.90 Å². The molecule has 0 aromatic heterocycles. The van der Waals surface area contributed by atoms with Gasteiger partial charge in [-0.2, -0.15) is 0 Å². The maximum atomic E-state index is 9.60. The molecule has 0 bridgehead atoms. The van der Waals surface area contributed by atoms with Crippen molar-refractivity contribution in [2.24, 2.45) is 0 Å². The second-order valence-corrected chi connectivity index (χ2v) is 3.79. The van der Waals surface area contributed by atoms with E-state index < -0.39 is 5.91 Å². The Balaban J connectivity index is 2.05. The SMILES string of the molecule is OC1(O)CCCN1Cc1ccccc1. The Hall–Kier alpha value is -0.900. The van der Waals surface area contributed by atoms with Crippen molar-refractivity contribution in [1.29, 1.82) is 0 Å². The Morgan fingerprint density at radius 3 is 2.50 bits per heavy atom. The summed E-state index contributed by atoms with van der Waals surface area (Å²) in [5.41, 5.74) is 1.11. The molecule has 0 aliphatic carbocycles. The van der Waals surface area contributed by atoms with E-state index in [4.69, 9.17) is 0 Å². The number of aliphatic hydroxyl groups is 2. The molecule has 0 saturated carbocycles. The van der Waals surface area contributed by atoms with Gasteiger partial charge < -0.3 is 10.2 Å². The van der Waals surface area contributed by atoms with Crippen LogP contribution in [0.5, 0.6) is 0 Å². The third-order valence-corrected chi connectivity index (χ3v) is 2.66. The van der Waals surface area contributed by atoms with Gasteiger partial charge in [0.1, 0.15) is 0 Å². The summed E-state index contributed by atoms with van der Waals surface area (Å²) in [7, 11) is 0. The number of benzene rings is 1. The number of rotatable bonds is 2. The molecule has 1 aliphatic rings. The van der Waals surface area contributed by atoms with Gasteiger partial charge in [-0.25, -0.2) is 4.90 Å². The zero-order chi connectivity index (χ0) is 10.0. The molecule has 1 heterocycles. The number of likely N-dealkylation sites (tertiary alicyclic amines) is 1. The van der Waals surface area contributed by atoms with Crippen LogP contribution >= 0.6 is 0 Å². The van der Waals surface area contributed by atoms with E-state index in [0.717, 1.165) is 18.5 Å². The van der Waals surface area contributed by atoms with Crippen molar-refractivity contribution in [3.05, 3.63) is 35.9 Å². The van der Waals surface area contributed by atoms with Gasteiger partial charge in [-0.1, -0.05) is 30.3 Å². The first-order chi connectivity index (χ1) is 6.68. The largest absolute Gasteiger partial charge is 0.353 e. The van der Waals surface area contributed by atoms with E-state index in [1.807, 2.05) is 30.3 Å². The topological polar surface area (TPSA) is 43.7 Å². The zero-order valence-corrected chi connectivity index (χ0v) is 8.06. The first-order valence-electron chi connectivity index (χ1n) is 4.92. The molecule has 0 radical (unpaired) electrons. The molecule has 2 rings (SSSR count). The van der Waals surface area contributed by atoms with Crippen LogP contribution in [0.4, 0.5) is 0 Å². The number of hydrogen-bond acceptors (Lipinski definition) is 3. The average Bonchev–Trinajstić information content (AvgIpc) is 2.48. The minimum Gasteiger partial charge on any atom is -0.353 e. The lowest BCUT2D eigenvalue weighted by molar-refractivity contribution is -0.247. The molecular weight excluding hydrogens is 178 g/mol. The lowest BCUT2D eigenvalue weighted by Crippen LogP contribution is -2.42. The molecule has 14 heavy (non-hydrogen) atoms. The van der Waals surface area contributed by atoms with Crippen LogP contribution in [0, 0.1) is 0 Å². The highest BCUT2D eigenvalue weighted by Gasteiger charge is 2.36. The smallest absolute Gasteiger partial charge is 0.225 e. The predicted octanol–water partition coefficient (Wildman–Crippen LogP) is 0.921. The van der Waals surface area contributed by atoms with E-state index >= 15 is 0 Å². The van der Waals surface area contributed by atoms with E-state index in [9.17, 15) is 10.2 Å². The fraction of sp³-hybridized carbons (Fsp3) is 0.455. The fourth-order valence-electron chi connectivity index (χ4n) is 1.85. The summed E-state index contributed by atoms with van der Waals surface area (Å²) in [6, 6.07) is 9.87. The van der Waals surface area contributed by atoms with E-state index in [1.165, 1.54) is 0 Å². The molecule has 3 heteroatoms. The van der Waals surface area contributed by atoms with Crippen LogP contribution in [0.3, 0.4) is 0 Å². The van der Waals surface area contributed by atoms with Gasteiger partial charge in [0.2, 0.25) is 5.91 Å². The summed E-state index contributed by atoms with van der Waals surface area (Å²) < 4.78 is 0. The Kier molecular flexibility index (Phi) is 2.54. The third kappa shape index (κ3) is 1.95. The van der Waals surface area contributed by atoms with Crippen LogP contribution in [-0.4, -0.2) is 27.6 Å². The van der Waals surface area contributed by atoms with Crippen molar-refractivity contribution in [2.75, 3.05) is 6.54 Å². The molecule has 2 N–H and O–H groups in total. The molecular formula is C11H15NO2. The van der Waals surface area contributed by atoms with Crippen molar-refractivity contribution in [2.45, 2.75) is 25.3 Å². The molecule has 1 aliphatic heterocycles. The van der Waals surface area contributed by atoms with Crippen molar-refractivity contribution < 1.29 is 10.2 Å². The highest BCUT2D eigenvalue weighted by atomic mass is 16.5. The molecule has 3 nitrogen and oxygen atoms in total. The van der Waals surface area contributed by atoms with Gasteiger partial charge in [0, 0.05) is 19.5 Å². The summed E-state index contributed by atoms with van der Waals surface area (Å²) in [6.07, 6.45) is 1.29. The monoisotopic (exact) mass is 193 g/mol. The quantitative estimate of drug-likeness (QED) is 0.686. The lowest BCUT2D eigenvalue weighted by Gasteiger charge is -2.27. The fourth-order valence-corrected chi connectivity index (χ4v) is 1.85. The van der Waals surface area contributed by atoms with Crippen molar-refractivity contribution in [1.82, 2.24) is 4.90 Å². The van der Waals surface area contributed by atoms with E-state index in [0.29, 0.717) is 13.0 Å². The average molecular weight is 193 g/mol. The summed E-state index contributed by atoms with van der Waals surface area (Å²) >= 11 is 0. The molecule has 1 aromatic carbocycles. The first-order valence-corrected chi connectivity index (χ1v) is 4.92. The zero-order valence-electron chi connectivity index (χ0n) is 8.06. The highest BCUT2D eigenvalue weighted by molar-refractivity contribution is 5.14. The van der Waals surface area contributed by atoms with Crippen molar-refractivity contribution in [3.63, 3.8) is 0 Å². The Morgan fingerprint density at radius 2 is 1.93 bits per heavy atom. The maximum Gasteiger partial charge on any atom is 0.225 e. The predicted molar refractivity (Wildman–Crippen MR) is 53.3 cm³/mol. The second kappa shape index (κ2) is 3.69. The van der Waals surface area contributed by atoms with Crippen molar-refractivity contribution in [3.8, 4) is 0 Å². The summed E-state index contributed by atoms with van der Waals surface area (Å²) in [4.78, 5) is 1.70. The minimum absolute atomic E-state index is 0.444. The molecule has 76 valence electrons. The summed E-state index contributed by atoms with van der Waals surface area (Å²) in [6.45, 7) is 1.36. The Bertz CT molecular complexity index is 297. The maximum absolute atomic E-state index is 9.60. The van der Waals surface area contributed by atoms with Crippen LogP contribution in [-0.2, 0) is 6.54 Å². The summed E-state index contributed by atoms with van der Waals surface area (Å²) in [5, 5.41) is 19.2. The van der Waals surface area contributed by atoms with Crippen LogP contribution in [0.1, 0.15) is 18.4 Å². The van der Waals surface area contributed by atoms with Gasteiger partial charge >= 0.3 is 0 Å².